The Labute approximate surface area is 91.7 Å². The van der Waals surface area contributed by atoms with Crippen LogP contribution in [0.5, 0.6) is 0 Å². The lowest BCUT2D eigenvalue weighted by Crippen LogP contribution is -2.29. The minimum Gasteiger partial charge on any atom is -0.376 e. The van der Waals surface area contributed by atoms with Crippen molar-refractivity contribution >= 4 is 0 Å². The maximum atomic E-state index is 5.69. The summed E-state index contributed by atoms with van der Waals surface area (Å²) in [7, 11) is 0. The average Bonchev–Trinajstić information content (AvgIpc) is 2.25. The predicted molar refractivity (Wildman–Crippen MR) is 61.6 cm³/mol. The molecule has 0 amide bonds. The van der Waals surface area contributed by atoms with E-state index in [1.54, 1.807) is 6.20 Å². The molecule has 3 heteroatoms. The van der Waals surface area contributed by atoms with Gasteiger partial charge >= 0.3 is 0 Å². The Hall–Kier alpha value is -0.930. The van der Waals surface area contributed by atoms with E-state index in [-0.39, 0.29) is 6.10 Å². The summed E-state index contributed by atoms with van der Waals surface area (Å²) in [5.41, 5.74) is 6.68. The minimum absolute atomic E-state index is 0.161. The molecule has 0 aliphatic heterocycles. The Morgan fingerprint density at radius 2 is 2.20 bits per heavy atom. The summed E-state index contributed by atoms with van der Waals surface area (Å²) < 4.78 is 5.69. The third-order valence-electron chi connectivity index (χ3n) is 2.39. The molecule has 0 bridgehead atoms. The number of nitrogens with zero attached hydrogens (tertiary/aromatic N) is 1. The summed E-state index contributed by atoms with van der Waals surface area (Å²) in [6, 6.07) is 5.92. The van der Waals surface area contributed by atoms with Crippen LogP contribution in [0.25, 0.3) is 0 Å². The Morgan fingerprint density at radius 3 is 2.73 bits per heavy atom. The maximum absolute atomic E-state index is 5.69. The standard InChI is InChI=1S/C12H20N2O/c1-10(2)12(9-13)15-8-6-11-5-3-4-7-14-11/h3-5,7,10,12H,6,8-9,13H2,1-2H3. The van der Waals surface area contributed by atoms with Crippen molar-refractivity contribution in [1.82, 2.24) is 4.98 Å². The minimum atomic E-state index is 0.161. The van der Waals surface area contributed by atoms with Crippen LogP contribution < -0.4 is 5.73 Å². The Bertz CT molecular complexity index is 262. The number of hydrogen-bond donors (Lipinski definition) is 1. The quantitative estimate of drug-likeness (QED) is 0.773. The molecular weight excluding hydrogens is 188 g/mol. The fourth-order valence-electron chi connectivity index (χ4n) is 1.39. The van der Waals surface area contributed by atoms with E-state index in [4.69, 9.17) is 10.5 Å². The van der Waals surface area contributed by atoms with Crippen molar-refractivity contribution in [3.8, 4) is 0 Å². The van der Waals surface area contributed by atoms with Crippen LogP contribution in [-0.2, 0) is 11.2 Å². The molecular formula is C12H20N2O. The van der Waals surface area contributed by atoms with Gasteiger partial charge in [0, 0.05) is 24.9 Å². The molecule has 1 unspecified atom stereocenters. The van der Waals surface area contributed by atoms with Gasteiger partial charge in [-0.3, -0.25) is 4.98 Å². The first-order valence-corrected chi connectivity index (χ1v) is 5.45. The van der Waals surface area contributed by atoms with Gasteiger partial charge in [-0.2, -0.15) is 0 Å². The first-order chi connectivity index (χ1) is 7.24. The van der Waals surface area contributed by atoms with Gasteiger partial charge < -0.3 is 10.5 Å². The van der Waals surface area contributed by atoms with Gasteiger partial charge in [-0.1, -0.05) is 19.9 Å². The van der Waals surface area contributed by atoms with E-state index in [1.165, 1.54) is 0 Å². The number of pyridine rings is 1. The average molecular weight is 208 g/mol. The van der Waals surface area contributed by atoms with Gasteiger partial charge in [0.05, 0.1) is 12.7 Å². The lowest BCUT2D eigenvalue weighted by Gasteiger charge is -2.19. The molecule has 1 atom stereocenters. The van der Waals surface area contributed by atoms with E-state index in [2.05, 4.69) is 18.8 Å². The van der Waals surface area contributed by atoms with Crippen LogP contribution >= 0.6 is 0 Å². The molecule has 0 saturated carbocycles. The number of ether oxygens (including phenoxy) is 1. The lowest BCUT2D eigenvalue weighted by atomic mass is 10.1. The fourth-order valence-corrected chi connectivity index (χ4v) is 1.39. The summed E-state index contributed by atoms with van der Waals surface area (Å²) >= 11 is 0. The zero-order valence-corrected chi connectivity index (χ0v) is 9.52. The van der Waals surface area contributed by atoms with Crippen molar-refractivity contribution in [2.75, 3.05) is 13.2 Å². The first-order valence-electron chi connectivity index (χ1n) is 5.45. The fraction of sp³-hybridized carbons (Fsp3) is 0.583. The van der Waals surface area contributed by atoms with Gasteiger partial charge in [-0.15, -0.1) is 0 Å². The van der Waals surface area contributed by atoms with Crippen LogP contribution in [0.1, 0.15) is 19.5 Å². The van der Waals surface area contributed by atoms with Crippen molar-refractivity contribution in [2.45, 2.75) is 26.4 Å². The van der Waals surface area contributed by atoms with Crippen LogP contribution in [0.4, 0.5) is 0 Å². The predicted octanol–water partition coefficient (Wildman–Crippen LogP) is 1.62. The van der Waals surface area contributed by atoms with Crippen LogP contribution in [0.3, 0.4) is 0 Å². The second kappa shape index (κ2) is 6.53. The zero-order valence-electron chi connectivity index (χ0n) is 9.52. The van der Waals surface area contributed by atoms with E-state index in [1.807, 2.05) is 18.2 Å². The summed E-state index contributed by atoms with van der Waals surface area (Å²) in [5, 5.41) is 0. The molecule has 1 rings (SSSR count). The van der Waals surface area contributed by atoms with Crippen molar-refractivity contribution in [1.29, 1.82) is 0 Å². The molecule has 0 saturated heterocycles. The summed E-state index contributed by atoms with van der Waals surface area (Å²) in [6.45, 7) is 5.52. The van der Waals surface area contributed by atoms with Gasteiger partial charge in [-0.05, 0) is 18.1 Å². The SMILES string of the molecule is CC(C)C(CN)OCCc1ccccn1. The summed E-state index contributed by atoms with van der Waals surface area (Å²) in [5.74, 6) is 0.471. The first kappa shape index (κ1) is 12.1. The van der Waals surface area contributed by atoms with Gasteiger partial charge in [-0.25, -0.2) is 0 Å². The summed E-state index contributed by atoms with van der Waals surface area (Å²) in [6.07, 6.45) is 2.82. The van der Waals surface area contributed by atoms with Gasteiger partial charge in [0.25, 0.3) is 0 Å². The smallest absolute Gasteiger partial charge is 0.0720 e. The van der Waals surface area contributed by atoms with Crippen molar-refractivity contribution < 1.29 is 4.74 Å². The third-order valence-corrected chi connectivity index (χ3v) is 2.39. The number of nitrogens with two attached hydrogens (primary N) is 1. The normalized spacial score (nSPS) is 13.1. The lowest BCUT2D eigenvalue weighted by molar-refractivity contribution is 0.0302. The van der Waals surface area contributed by atoms with Crippen LogP contribution in [0, 0.1) is 5.92 Å². The van der Waals surface area contributed by atoms with Gasteiger partial charge in [0.15, 0.2) is 0 Å². The highest BCUT2D eigenvalue weighted by Crippen LogP contribution is 2.05. The molecule has 1 aromatic rings. The Kier molecular flexibility index (Phi) is 5.29. The van der Waals surface area contributed by atoms with E-state index >= 15 is 0 Å². The topological polar surface area (TPSA) is 48.1 Å². The zero-order chi connectivity index (χ0) is 11.1. The molecule has 2 N–H and O–H groups in total. The van der Waals surface area contributed by atoms with Crippen LogP contribution in [0.2, 0.25) is 0 Å². The molecule has 15 heavy (non-hydrogen) atoms. The second-order valence-corrected chi connectivity index (χ2v) is 3.96. The molecule has 0 radical (unpaired) electrons. The highest BCUT2D eigenvalue weighted by atomic mass is 16.5. The summed E-state index contributed by atoms with van der Waals surface area (Å²) in [4.78, 5) is 4.24. The van der Waals surface area contributed by atoms with Crippen molar-refractivity contribution in [3.05, 3.63) is 30.1 Å². The monoisotopic (exact) mass is 208 g/mol. The molecule has 1 aromatic heterocycles. The molecule has 84 valence electrons. The maximum Gasteiger partial charge on any atom is 0.0720 e. The highest BCUT2D eigenvalue weighted by Gasteiger charge is 2.11. The van der Waals surface area contributed by atoms with Crippen molar-refractivity contribution in [3.63, 3.8) is 0 Å². The largest absolute Gasteiger partial charge is 0.376 e. The van der Waals surface area contributed by atoms with E-state index < -0.39 is 0 Å². The van der Waals surface area contributed by atoms with E-state index in [9.17, 15) is 0 Å². The third kappa shape index (κ3) is 4.40. The van der Waals surface area contributed by atoms with Gasteiger partial charge in [0.2, 0.25) is 0 Å². The van der Waals surface area contributed by atoms with Crippen LogP contribution in [0.15, 0.2) is 24.4 Å². The van der Waals surface area contributed by atoms with E-state index in [0.29, 0.717) is 19.1 Å². The number of hydrogen-bond acceptors (Lipinski definition) is 3. The highest BCUT2D eigenvalue weighted by molar-refractivity contribution is 5.03. The van der Waals surface area contributed by atoms with Gasteiger partial charge in [0.1, 0.15) is 0 Å². The Morgan fingerprint density at radius 1 is 1.40 bits per heavy atom. The second-order valence-electron chi connectivity index (χ2n) is 3.96. The molecule has 0 spiro atoms. The number of aromatic nitrogens is 1. The van der Waals surface area contributed by atoms with E-state index in [0.717, 1.165) is 12.1 Å². The number of rotatable bonds is 6. The molecule has 0 aromatic carbocycles. The van der Waals surface area contributed by atoms with Crippen LogP contribution in [-0.4, -0.2) is 24.2 Å². The molecule has 0 aliphatic rings. The molecule has 1 heterocycles. The molecule has 0 aliphatic carbocycles. The molecule has 3 nitrogen and oxygen atoms in total. The van der Waals surface area contributed by atoms with Crippen molar-refractivity contribution in [2.24, 2.45) is 11.7 Å². The molecule has 0 fully saturated rings. The Balaban J connectivity index is 2.27.